The predicted octanol–water partition coefficient (Wildman–Crippen LogP) is 0.913. The molecule has 6 nitrogen and oxygen atoms in total. The van der Waals surface area contributed by atoms with E-state index in [4.69, 9.17) is 9.84 Å². The molecule has 1 aromatic rings. The maximum absolute atomic E-state index is 11.8. The van der Waals surface area contributed by atoms with Crippen LogP contribution in [-0.4, -0.2) is 40.5 Å². The smallest absolute Gasteiger partial charge is 0.308 e. The minimum Gasteiger partial charge on any atom is -0.481 e. The van der Waals surface area contributed by atoms with E-state index >= 15 is 0 Å². The van der Waals surface area contributed by atoms with Crippen LogP contribution in [0.3, 0.4) is 0 Å². The second-order valence-electron chi connectivity index (χ2n) is 4.52. The number of carboxylic acids is 1. The maximum atomic E-state index is 11.8. The molecule has 1 amide bonds. The van der Waals surface area contributed by atoms with Crippen molar-refractivity contribution in [1.82, 2.24) is 9.88 Å². The number of nitrogens with zero attached hydrogens (tertiary/aromatic N) is 2. The molecule has 1 aliphatic rings. The third-order valence-electron chi connectivity index (χ3n) is 3.19. The first kappa shape index (κ1) is 13.3. The summed E-state index contributed by atoms with van der Waals surface area (Å²) < 4.78 is 5.02. The molecule has 1 fully saturated rings. The number of carbonyl (C=O) groups excluding carboxylic acids is 1. The molecule has 19 heavy (non-hydrogen) atoms. The Bertz CT molecular complexity index is 489. The van der Waals surface area contributed by atoms with E-state index in [1.165, 1.54) is 7.11 Å². The van der Waals surface area contributed by atoms with Crippen LogP contribution in [0.1, 0.15) is 18.5 Å². The highest BCUT2D eigenvalue weighted by Crippen LogP contribution is 2.20. The van der Waals surface area contributed by atoms with Crippen molar-refractivity contribution in [2.75, 3.05) is 13.7 Å². The molecule has 0 radical (unpaired) electrons. The molecule has 1 aliphatic heterocycles. The Balaban J connectivity index is 2.07. The SMILES string of the molecule is COc1cccc(CN2CC(C(=O)O)CCC2=O)n1. The van der Waals surface area contributed by atoms with Crippen LogP contribution in [0.5, 0.6) is 5.88 Å². The van der Waals surface area contributed by atoms with Crippen molar-refractivity contribution >= 4 is 11.9 Å². The molecular weight excluding hydrogens is 248 g/mol. The largest absolute Gasteiger partial charge is 0.481 e. The zero-order valence-corrected chi connectivity index (χ0v) is 10.7. The number of piperidine rings is 1. The first-order valence-corrected chi connectivity index (χ1v) is 6.10. The number of carbonyl (C=O) groups is 2. The molecule has 0 aliphatic carbocycles. The maximum Gasteiger partial charge on any atom is 0.308 e. The summed E-state index contributed by atoms with van der Waals surface area (Å²) in [5.74, 6) is -0.877. The Labute approximate surface area is 111 Å². The van der Waals surface area contributed by atoms with E-state index in [1.807, 2.05) is 0 Å². The van der Waals surface area contributed by atoms with Crippen LogP contribution in [0.4, 0.5) is 0 Å². The van der Waals surface area contributed by atoms with Gasteiger partial charge in [0.05, 0.1) is 25.3 Å². The van der Waals surface area contributed by atoms with Crippen molar-refractivity contribution in [3.8, 4) is 5.88 Å². The number of carboxylic acid groups (broad SMARTS) is 1. The van der Waals surface area contributed by atoms with Crippen molar-refractivity contribution in [2.24, 2.45) is 5.92 Å². The molecule has 6 heteroatoms. The van der Waals surface area contributed by atoms with E-state index in [0.29, 0.717) is 24.5 Å². The zero-order chi connectivity index (χ0) is 13.8. The van der Waals surface area contributed by atoms with Crippen molar-refractivity contribution < 1.29 is 19.4 Å². The van der Waals surface area contributed by atoms with E-state index in [-0.39, 0.29) is 18.9 Å². The second-order valence-corrected chi connectivity index (χ2v) is 4.52. The fourth-order valence-corrected chi connectivity index (χ4v) is 2.12. The summed E-state index contributed by atoms with van der Waals surface area (Å²) in [5, 5.41) is 9.02. The number of ether oxygens (including phenoxy) is 1. The summed E-state index contributed by atoms with van der Waals surface area (Å²) in [6.45, 7) is 0.562. The number of methoxy groups -OCH3 is 1. The molecule has 0 aromatic carbocycles. The second kappa shape index (κ2) is 5.69. The molecule has 102 valence electrons. The van der Waals surface area contributed by atoms with Crippen LogP contribution in [-0.2, 0) is 16.1 Å². The number of amides is 1. The lowest BCUT2D eigenvalue weighted by molar-refractivity contribution is -0.147. The van der Waals surface area contributed by atoms with Gasteiger partial charge in [0.2, 0.25) is 11.8 Å². The van der Waals surface area contributed by atoms with E-state index in [9.17, 15) is 9.59 Å². The Kier molecular flexibility index (Phi) is 3.99. The predicted molar refractivity (Wildman–Crippen MR) is 66.6 cm³/mol. The van der Waals surface area contributed by atoms with Crippen molar-refractivity contribution in [1.29, 1.82) is 0 Å². The molecule has 1 saturated heterocycles. The lowest BCUT2D eigenvalue weighted by atomic mass is 9.97. The van der Waals surface area contributed by atoms with Gasteiger partial charge in [0, 0.05) is 19.0 Å². The van der Waals surface area contributed by atoms with Gasteiger partial charge in [-0.25, -0.2) is 4.98 Å². The van der Waals surface area contributed by atoms with Gasteiger partial charge >= 0.3 is 5.97 Å². The number of hydrogen-bond acceptors (Lipinski definition) is 4. The van der Waals surface area contributed by atoms with Crippen LogP contribution in [0.15, 0.2) is 18.2 Å². The first-order valence-electron chi connectivity index (χ1n) is 6.10. The number of hydrogen-bond donors (Lipinski definition) is 1. The van der Waals surface area contributed by atoms with E-state index in [1.54, 1.807) is 23.1 Å². The Hall–Kier alpha value is -2.11. The fraction of sp³-hybridized carbons (Fsp3) is 0.462. The molecule has 2 rings (SSSR count). The Morgan fingerprint density at radius 2 is 2.37 bits per heavy atom. The molecule has 1 aromatic heterocycles. The Morgan fingerprint density at radius 1 is 1.58 bits per heavy atom. The average molecular weight is 264 g/mol. The average Bonchev–Trinajstić information content (AvgIpc) is 2.41. The lowest BCUT2D eigenvalue weighted by Gasteiger charge is -2.30. The molecule has 0 spiro atoms. The molecule has 0 bridgehead atoms. The molecular formula is C13H16N2O4. The summed E-state index contributed by atoms with van der Waals surface area (Å²) >= 11 is 0. The van der Waals surface area contributed by atoms with Gasteiger partial charge < -0.3 is 14.7 Å². The zero-order valence-electron chi connectivity index (χ0n) is 10.7. The van der Waals surface area contributed by atoms with Gasteiger partial charge in [0.25, 0.3) is 0 Å². The van der Waals surface area contributed by atoms with Crippen molar-refractivity contribution in [2.45, 2.75) is 19.4 Å². The highest BCUT2D eigenvalue weighted by Gasteiger charge is 2.30. The summed E-state index contributed by atoms with van der Waals surface area (Å²) in [6.07, 6.45) is 0.692. The summed E-state index contributed by atoms with van der Waals surface area (Å²) in [5.41, 5.74) is 0.693. The minimum atomic E-state index is -0.851. The summed E-state index contributed by atoms with van der Waals surface area (Å²) in [7, 11) is 1.53. The van der Waals surface area contributed by atoms with Crippen LogP contribution >= 0.6 is 0 Å². The number of pyridine rings is 1. The minimum absolute atomic E-state index is 0.0258. The monoisotopic (exact) mass is 264 g/mol. The van der Waals surface area contributed by atoms with Gasteiger partial charge in [-0.1, -0.05) is 6.07 Å². The van der Waals surface area contributed by atoms with Crippen LogP contribution in [0.25, 0.3) is 0 Å². The van der Waals surface area contributed by atoms with Crippen LogP contribution in [0.2, 0.25) is 0 Å². The number of aromatic nitrogens is 1. The van der Waals surface area contributed by atoms with Crippen molar-refractivity contribution in [3.05, 3.63) is 23.9 Å². The molecule has 1 N–H and O–H groups in total. The summed E-state index contributed by atoms with van der Waals surface area (Å²) in [4.78, 5) is 28.6. The third kappa shape index (κ3) is 3.21. The van der Waals surface area contributed by atoms with Crippen LogP contribution < -0.4 is 4.74 Å². The lowest BCUT2D eigenvalue weighted by Crippen LogP contribution is -2.42. The van der Waals surface area contributed by atoms with Crippen LogP contribution in [0, 0.1) is 5.92 Å². The quantitative estimate of drug-likeness (QED) is 0.874. The highest BCUT2D eigenvalue weighted by molar-refractivity contribution is 5.80. The Morgan fingerprint density at radius 3 is 3.05 bits per heavy atom. The molecule has 2 heterocycles. The number of rotatable bonds is 4. The van der Waals surface area contributed by atoms with E-state index < -0.39 is 11.9 Å². The third-order valence-corrected chi connectivity index (χ3v) is 3.19. The highest BCUT2D eigenvalue weighted by atomic mass is 16.5. The molecule has 1 unspecified atom stereocenters. The topological polar surface area (TPSA) is 79.7 Å². The summed E-state index contributed by atoms with van der Waals surface area (Å²) in [6, 6.07) is 5.31. The van der Waals surface area contributed by atoms with Gasteiger partial charge in [-0.2, -0.15) is 0 Å². The first-order chi connectivity index (χ1) is 9.10. The fourth-order valence-electron chi connectivity index (χ4n) is 2.12. The van der Waals surface area contributed by atoms with Crippen molar-refractivity contribution in [3.63, 3.8) is 0 Å². The molecule has 1 atom stereocenters. The molecule has 0 saturated carbocycles. The van der Waals surface area contributed by atoms with Gasteiger partial charge in [-0.05, 0) is 12.5 Å². The van der Waals surface area contributed by atoms with Gasteiger partial charge in [-0.3, -0.25) is 9.59 Å². The van der Waals surface area contributed by atoms with Gasteiger partial charge in [-0.15, -0.1) is 0 Å². The van der Waals surface area contributed by atoms with Gasteiger partial charge in [0.1, 0.15) is 0 Å². The normalized spacial score (nSPS) is 19.3. The van der Waals surface area contributed by atoms with E-state index in [2.05, 4.69) is 4.98 Å². The van der Waals surface area contributed by atoms with Gasteiger partial charge in [0.15, 0.2) is 0 Å². The number of likely N-dealkylation sites (tertiary alicyclic amines) is 1. The number of aliphatic carboxylic acids is 1. The van der Waals surface area contributed by atoms with E-state index in [0.717, 1.165) is 0 Å². The standard InChI is InChI=1S/C13H16N2O4/c1-19-11-4-2-3-10(14-11)8-15-7-9(13(17)18)5-6-12(15)16/h2-4,9H,5-8H2,1H3,(H,17,18).